The van der Waals surface area contributed by atoms with E-state index in [1.54, 1.807) is 18.2 Å². The zero-order valence-corrected chi connectivity index (χ0v) is 21.6. The van der Waals surface area contributed by atoms with E-state index >= 15 is 0 Å². The Kier molecular flexibility index (Phi) is 8.18. The Morgan fingerprint density at radius 1 is 0.972 bits per heavy atom. The molecule has 0 spiro atoms. The summed E-state index contributed by atoms with van der Waals surface area (Å²) in [6.45, 7) is 4.77. The van der Waals surface area contributed by atoms with Crippen molar-refractivity contribution >= 4 is 52.5 Å². The van der Waals surface area contributed by atoms with Gasteiger partial charge in [0.25, 0.3) is 5.91 Å². The fraction of sp³-hybridized carbons (Fsp3) is 0.214. The number of nitrogens with one attached hydrogen (secondary N) is 1. The summed E-state index contributed by atoms with van der Waals surface area (Å²) in [5, 5.41) is 3.68. The van der Waals surface area contributed by atoms with Crippen molar-refractivity contribution in [1.82, 2.24) is 4.90 Å². The molecule has 3 aromatic carbocycles. The van der Waals surface area contributed by atoms with Crippen molar-refractivity contribution in [3.63, 3.8) is 0 Å². The zero-order chi connectivity index (χ0) is 25.7. The lowest BCUT2D eigenvalue weighted by atomic mass is 10.1. The molecule has 0 aliphatic carbocycles. The maximum absolute atomic E-state index is 12.9. The van der Waals surface area contributed by atoms with Crippen LogP contribution in [0, 0.1) is 6.92 Å². The summed E-state index contributed by atoms with van der Waals surface area (Å²) in [6.07, 6.45) is 3.01. The fourth-order valence-electron chi connectivity index (χ4n) is 4.18. The third-order valence-corrected chi connectivity index (χ3v) is 6.60. The van der Waals surface area contributed by atoms with Crippen molar-refractivity contribution in [3.05, 3.63) is 93.5 Å². The molecule has 0 atom stereocenters. The van der Waals surface area contributed by atoms with Crippen LogP contribution in [0.3, 0.4) is 0 Å². The first-order valence-corrected chi connectivity index (χ1v) is 12.3. The highest BCUT2D eigenvalue weighted by Crippen LogP contribution is 2.33. The van der Waals surface area contributed by atoms with Crippen molar-refractivity contribution in [1.29, 1.82) is 0 Å². The number of carbonyl (C=O) groups excluding carboxylic acids is 2. The van der Waals surface area contributed by atoms with Gasteiger partial charge in [0.15, 0.2) is 0 Å². The highest BCUT2D eigenvalue weighted by molar-refractivity contribution is 6.36. The molecule has 0 unspecified atom stereocenters. The molecule has 8 heteroatoms. The minimum Gasteiger partial charge on any atom is -0.495 e. The second kappa shape index (κ2) is 11.5. The van der Waals surface area contributed by atoms with E-state index in [0.29, 0.717) is 40.1 Å². The number of hydrogen-bond donors (Lipinski definition) is 1. The molecule has 0 bridgehead atoms. The Hall–Kier alpha value is -3.48. The number of methoxy groups -OCH3 is 1. The average Bonchev–Trinajstić information content (AvgIpc) is 2.88. The summed E-state index contributed by atoms with van der Waals surface area (Å²) in [7, 11) is 1.51. The number of nitrogens with zero attached hydrogens (tertiary/aromatic N) is 2. The van der Waals surface area contributed by atoms with Gasteiger partial charge in [-0.1, -0.05) is 41.4 Å². The number of amides is 2. The van der Waals surface area contributed by atoms with Crippen LogP contribution in [0.5, 0.6) is 5.75 Å². The van der Waals surface area contributed by atoms with Crippen LogP contribution in [-0.2, 0) is 4.79 Å². The molecule has 1 N–H and O–H groups in total. The highest BCUT2D eigenvalue weighted by Gasteiger charge is 2.23. The van der Waals surface area contributed by atoms with Crippen molar-refractivity contribution in [2.75, 3.05) is 43.5 Å². The molecule has 0 saturated carbocycles. The van der Waals surface area contributed by atoms with Crippen LogP contribution >= 0.6 is 23.2 Å². The third-order valence-electron chi connectivity index (χ3n) is 6.10. The zero-order valence-electron chi connectivity index (χ0n) is 20.1. The van der Waals surface area contributed by atoms with Crippen LogP contribution in [0.25, 0.3) is 6.08 Å². The molecule has 1 heterocycles. The van der Waals surface area contributed by atoms with E-state index in [-0.39, 0.29) is 11.8 Å². The molecular formula is C28H27Cl2N3O3. The molecule has 36 heavy (non-hydrogen) atoms. The number of hydrogen-bond acceptors (Lipinski definition) is 4. The maximum Gasteiger partial charge on any atom is 0.254 e. The van der Waals surface area contributed by atoms with Crippen LogP contribution in [0.15, 0.2) is 66.7 Å². The predicted octanol–water partition coefficient (Wildman–Crippen LogP) is 5.92. The minimum atomic E-state index is -0.288. The van der Waals surface area contributed by atoms with E-state index in [9.17, 15) is 9.59 Å². The van der Waals surface area contributed by atoms with Crippen LogP contribution < -0.4 is 15.0 Å². The summed E-state index contributed by atoms with van der Waals surface area (Å²) in [5.41, 5.74) is 4.09. The smallest absolute Gasteiger partial charge is 0.254 e. The number of anilines is 2. The van der Waals surface area contributed by atoms with Crippen LogP contribution in [0.2, 0.25) is 10.0 Å². The Morgan fingerprint density at radius 3 is 2.33 bits per heavy atom. The average molecular weight is 524 g/mol. The number of carbonyl (C=O) groups is 2. The molecular weight excluding hydrogens is 497 g/mol. The second-order valence-electron chi connectivity index (χ2n) is 8.47. The number of aryl methyl sites for hydroxylation is 1. The molecule has 186 valence electrons. The molecule has 1 aliphatic heterocycles. The summed E-state index contributed by atoms with van der Waals surface area (Å²) < 4.78 is 5.30. The minimum absolute atomic E-state index is 0.0801. The largest absolute Gasteiger partial charge is 0.495 e. The second-order valence-corrected chi connectivity index (χ2v) is 9.32. The molecule has 0 aromatic heterocycles. The van der Waals surface area contributed by atoms with Gasteiger partial charge in [-0.15, -0.1) is 0 Å². The molecule has 2 amide bonds. The summed E-state index contributed by atoms with van der Waals surface area (Å²) in [6, 6.07) is 18.6. The van der Waals surface area contributed by atoms with Crippen molar-refractivity contribution in [2.24, 2.45) is 0 Å². The normalized spacial score (nSPS) is 13.7. The number of piperazine rings is 1. The van der Waals surface area contributed by atoms with E-state index in [4.69, 9.17) is 27.9 Å². The van der Waals surface area contributed by atoms with Crippen molar-refractivity contribution in [2.45, 2.75) is 6.92 Å². The van der Waals surface area contributed by atoms with Gasteiger partial charge in [0.05, 0.1) is 12.1 Å². The molecule has 1 fully saturated rings. The van der Waals surface area contributed by atoms with E-state index in [0.717, 1.165) is 29.9 Å². The SMILES string of the molecule is COc1c(Cl)cc(Cl)cc1C=CC(=O)Nc1ccc(N2CCN(C(=O)c3ccccc3C)CC2)cc1. The van der Waals surface area contributed by atoms with Gasteiger partial charge < -0.3 is 19.9 Å². The lowest BCUT2D eigenvalue weighted by Gasteiger charge is -2.36. The van der Waals surface area contributed by atoms with Gasteiger partial charge in [-0.05, 0) is 61.0 Å². The molecule has 3 aromatic rings. The first-order valence-electron chi connectivity index (χ1n) is 11.6. The summed E-state index contributed by atoms with van der Waals surface area (Å²) in [5.74, 6) is 0.246. The Labute approximate surface area is 221 Å². The van der Waals surface area contributed by atoms with E-state index in [2.05, 4.69) is 10.2 Å². The van der Waals surface area contributed by atoms with Gasteiger partial charge in [-0.3, -0.25) is 9.59 Å². The van der Waals surface area contributed by atoms with Crippen molar-refractivity contribution in [3.8, 4) is 5.75 Å². The van der Waals surface area contributed by atoms with Crippen LogP contribution in [0.4, 0.5) is 11.4 Å². The number of halogens is 2. The molecule has 1 aliphatic rings. The standard InChI is InChI=1S/C28H27Cl2N3O3/c1-19-5-3-4-6-24(19)28(35)33-15-13-32(14-16-33)23-10-8-22(9-11-23)31-26(34)12-7-20-17-21(29)18-25(30)27(20)36-2/h3-12,17-18H,13-16H2,1-2H3,(H,31,34). The van der Waals surface area contributed by atoms with Gasteiger partial charge in [-0.2, -0.15) is 0 Å². The Bertz CT molecular complexity index is 1280. The third kappa shape index (κ3) is 6.01. The molecule has 6 nitrogen and oxygen atoms in total. The maximum atomic E-state index is 12.9. The Morgan fingerprint density at radius 2 is 1.67 bits per heavy atom. The highest BCUT2D eigenvalue weighted by atomic mass is 35.5. The van der Waals surface area contributed by atoms with Crippen LogP contribution in [0.1, 0.15) is 21.5 Å². The fourth-order valence-corrected chi connectivity index (χ4v) is 4.76. The molecule has 0 radical (unpaired) electrons. The van der Waals surface area contributed by atoms with E-state index < -0.39 is 0 Å². The monoisotopic (exact) mass is 523 g/mol. The predicted molar refractivity (Wildman–Crippen MR) is 146 cm³/mol. The topological polar surface area (TPSA) is 61.9 Å². The molecule has 4 rings (SSSR count). The molecule has 1 saturated heterocycles. The van der Waals surface area contributed by atoms with Gasteiger partial charge in [0.2, 0.25) is 5.91 Å². The number of rotatable bonds is 6. The van der Waals surface area contributed by atoms with E-state index in [1.807, 2.05) is 60.4 Å². The lowest BCUT2D eigenvalue weighted by molar-refractivity contribution is -0.111. The van der Waals surface area contributed by atoms with Crippen LogP contribution in [-0.4, -0.2) is 50.0 Å². The number of ether oxygens (including phenoxy) is 1. The summed E-state index contributed by atoms with van der Waals surface area (Å²) in [4.78, 5) is 29.4. The quantitative estimate of drug-likeness (QED) is 0.407. The van der Waals surface area contributed by atoms with Gasteiger partial charge in [-0.25, -0.2) is 0 Å². The number of benzene rings is 3. The summed E-state index contributed by atoms with van der Waals surface area (Å²) >= 11 is 12.2. The van der Waals surface area contributed by atoms with Gasteiger partial charge >= 0.3 is 0 Å². The van der Waals surface area contributed by atoms with E-state index in [1.165, 1.54) is 13.2 Å². The first kappa shape index (κ1) is 25.6. The van der Waals surface area contributed by atoms with Gasteiger partial charge in [0, 0.05) is 59.8 Å². The Balaban J connectivity index is 1.33. The lowest BCUT2D eigenvalue weighted by Crippen LogP contribution is -2.48. The van der Waals surface area contributed by atoms with Gasteiger partial charge in [0.1, 0.15) is 5.75 Å². The van der Waals surface area contributed by atoms with Crippen molar-refractivity contribution < 1.29 is 14.3 Å². The first-order chi connectivity index (χ1) is 17.4.